The number of hydrazone groups is 1. The number of amides is 2. The number of nitrogens with zero attached hydrogens (tertiary/aromatic N) is 4. The molecule has 0 atom stereocenters. The average molecular weight is 414 g/mol. The first-order valence-corrected chi connectivity index (χ1v) is 10.8. The van der Waals surface area contributed by atoms with Crippen LogP contribution in [0.2, 0.25) is 0 Å². The molecule has 0 bridgehead atoms. The van der Waals surface area contributed by atoms with Gasteiger partial charge in [-0.2, -0.15) is 0 Å². The van der Waals surface area contributed by atoms with E-state index < -0.39 is 0 Å². The first kappa shape index (κ1) is 18.7. The van der Waals surface area contributed by atoms with Gasteiger partial charge in [-0.25, -0.2) is 10.4 Å². The number of benzene rings is 1. The van der Waals surface area contributed by atoms with Gasteiger partial charge in [-0.15, -0.1) is 16.4 Å². The van der Waals surface area contributed by atoms with E-state index in [1.165, 1.54) is 23.1 Å². The van der Waals surface area contributed by atoms with Crippen molar-refractivity contribution < 1.29 is 9.59 Å². The largest absolute Gasteiger partial charge is 0.294 e. The minimum Gasteiger partial charge on any atom is -0.294 e. The van der Waals surface area contributed by atoms with Crippen molar-refractivity contribution in [2.45, 2.75) is 19.8 Å². The van der Waals surface area contributed by atoms with Crippen LogP contribution < -0.4 is 5.43 Å². The van der Waals surface area contributed by atoms with Crippen LogP contribution in [0.5, 0.6) is 0 Å². The molecule has 1 aliphatic rings. The summed E-state index contributed by atoms with van der Waals surface area (Å²) in [6.07, 6.45) is 2.98. The van der Waals surface area contributed by atoms with E-state index in [0.29, 0.717) is 17.5 Å². The normalized spacial score (nSPS) is 15.7. The molecule has 2 aromatic heterocycles. The van der Waals surface area contributed by atoms with E-state index in [1.807, 2.05) is 53.2 Å². The molecule has 0 radical (unpaired) electrons. The van der Waals surface area contributed by atoms with Gasteiger partial charge in [0.15, 0.2) is 10.1 Å². The second-order valence-electron chi connectivity index (χ2n) is 6.31. The molecule has 0 saturated carbocycles. The lowest BCUT2D eigenvalue weighted by atomic mass is 10.2. The Morgan fingerprint density at radius 2 is 2.14 bits per heavy atom. The average Bonchev–Trinajstić information content (AvgIpc) is 3.38. The molecule has 3 aromatic rings. The summed E-state index contributed by atoms with van der Waals surface area (Å²) in [6.45, 7) is 2.62. The molecular weight excluding hydrogens is 394 g/mol. The monoisotopic (exact) mass is 413 g/mol. The Kier molecular flexibility index (Phi) is 5.45. The third-order valence-electron chi connectivity index (χ3n) is 4.27. The minimum absolute atomic E-state index is 0.0336. The molecule has 1 fully saturated rings. The molecule has 1 aromatic carbocycles. The topological polar surface area (TPSA) is 79.1 Å². The molecule has 0 unspecified atom stereocenters. The zero-order valence-electron chi connectivity index (χ0n) is 15.3. The maximum absolute atomic E-state index is 12.4. The second-order valence-corrected chi connectivity index (χ2v) is 8.09. The summed E-state index contributed by atoms with van der Waals surface area (Å²) in [5.41, 5.74) is 5.36. The summed E-state index contributed by atoms with van der Waals surface area (Å²) in [4.78, 5) is 31.3. The number of fused-ring (bicyclic) bond motifs is 1. The van der Waals surface area contributed by atoms with Gasteiger partial charge in [0.2, 0.25) is 11.8 Å². The van der Waals surface area contributed by atoms with E-state index in [9.17, 15) is 9.59 Å². The van der Waals surface area contributed by atoms with E-state index in [2.05, 4.69) is 15.5 Å². The van der Waals surface area contributed by atoms with Crippen LogP contribution in [0.25, 0.3) is 16.2 Å². The maximum Gasteiger partial charge on any atom is 0.246 e. The minimum atomic E-state index is -0.224. The molecule has 0 spiro atoms. The van der Waals surface area contributed by atoms with Crippen LogP contribution >= 0.6 is 23.1 Å². The third-order valence-corrected chi connectivity index (χ3v) is 6.12. The predicted octanol–water partition coefficient (Wildman–Crippen LogP) is 2.98. The number of rotatable bonds is 6. The van der Waals surface area contributed by atoms with Crippen LogP contribution in [-0.2, 0) is 16.0 Å². The Bertz CT molecular complexity index is 1040. The van der Waals surface area contributed by atoms with Crippen molar-refractivity contribution in [3.63, 3.8) is 0 Å². The highest BCUT2D eigenvalue weighted by Crippen LogP contribution is 2.24. The van der Waals surface area contributed by atoms with E-state index >= 15 is 0 Å². The fraction of sp³-hybridized carbons (Fsp3) is 0.263. The summed E-state index contributed by atoms with van der Waals surface area (Å²) in [7, 11) is 0. The van der Waals surface area contributed by atoms with Gasteiger partial charge in [-0.05, 0) is 6.42 Å². The van der Waals surface area contributed by atoms with Crippen molar-refractivity contribution in [3.8, 4) is 11.3 Å². The molecule has 9 heteroatoms. The molecular formula is C19H19N5O2S2. The molecule has 1 N–H and O–H groups in total. The van der Waals surface area contributed by atoms with Gasteiger partial charge in [0.05, 0.1) is 17.9 Å². The fourth-order valence-corrected chi connectivity index (χ4v) is 4.68. The lowest BCUT2D eigenvalue weighted by Gasteiger charge is -2.14. The van der Waals surface area contributed by atoms with Crippen LogP contribution in [0, 0.1) is 0 Å². The zero-order chi connectivity index (χ0) is 19.5. The van der Waals surface area contributed by atoms with Crippen LogP contribution in [0.3, 0.4) is 0 Å². The molecule has 144 valence electrons. The molecule has 1 saturated heterocycles. The number of nitrogens with one attached hydrogen (secondary N) is 1. The van der Waals surface area contributed by atoms with Gasteiger partial charge in [-0.3, -0.25) is 18.9 Å². The lowest BCUT2D eigenvalue weighted by molar-refractivity contribution is -0.124. The third kappa shape index (κ3) is 3.81. The summed E-state index contributed by atoms with van der Waals surface area (Å²) < 4.78 is 1.94. The summed E-state index contributed by atoms with van der Waals surface area (Å²) in [5.74, 6) is 0.182. The molecule has 3 heterocycles. The van der Waals surface area contributed by atoms with Gasteiger partial charge in [0.1, 0.15) is 0 Å². The zero-order valence-corrected chi connectivity index (χ0v) is 16.9. The number of aromatic nitrogens is 2. The Hall–Kier alpha value is -2.65. The number of carbonyl (C=O) groups is 2. The van der Waals surface area contributed by atoms with Crippen molar-refractivity contribution in [1.82, 2.24) is 19.7 Å². The van der Waals surface area contributed by atoms with Crippen LogP contribution in [0.4, 0.5) is 0 Å². The Labute approximate surface area is 170 Å². The van der Waals surface area contributed by atoms with Gasteiger partial charge in [-0.1, -0.05) is 49.0 Å². The summed E-state index contributed by atoms with van der Waals surface area (Å²) in [6, 6.07) is 9.94. The Balaban J connectivity index is 1.46. The van der Waals surface area contributed by atoms with Crippen molar-refractivity contribution in [3.05, 3.63) is 47.6 Å². The highest BCUT2D eigenvalue weighted by Gasteiger charge is 2.27. The molecule has 28 heavy (non-hydrogen) atoms. The standard InChI is InChI=1S/C19H19N5O2S2/c1-2-8-23-17(26)12-28-19(23)22-21-16(25)9-14-11-27-18-20-15(10-24(14)18)13-6-4-3-5-7-13/h3-7,10-11H,2,8-9,12H2,1H3,(H,21,25). The number of thioether (sulfide) groups is 1. The number of hydrogen-bond acceptors (Lipinski definition) is 6. The van der Waals surface area contributed by atoms with Crippen LogP contribution in [0.1, 0.15) is 19.0 Å². The van der Waals surface area contributed by atoms with Crippen molar-refractivity contribution in [2.24, 2.45) is 5.10 Å². The fourth-order valence-electron chi connectivity index (χ4n) is 2.94. The second kappa shape index (κ2) is 8.15. The van der Waals surface area contributed by atoms with Crippen LogP contribution in [0.15, 0.2) is 47.0 Å². The predicted molar refractivity (Wildman–Crippen MR) is 112 cm³/mol. The van der Waals surface area contributed by atoms with E-state index in [0.717, 1.165) is 28.3 Å². The molecule has 4 rings (SSSR count). The number of amidine groups is 1. The Morgan fingerprint density at radius 3 is 2.93 bits per heavy atom. The molecule has 2 amide bonds. The van der Waals surface area contributed by atoms with Gasteiger partial charge in [0, 0.05) is 29.4 Å². The van der Waals surface area contributed by atoms with E-state index in [1.54, 1.807) is 4.90 Å². The highest BCUT2D eigenvalue weighted by atomic mass is 32.2. The number of imidazole rings is 1. The number of thiazole rings is 1. The van der Waals surface area contributed by atoms with E-state index in [-0.39, 0.29) is 18.2 Å². The molecule has 0 aliphatic carbocycles. The molecule has 1 aliphatic heterocycles. The smallest absolute Gasteiger partial charge is 0.246 e. The van der Waals surface area contributed by atoms with E-state index in [4.69, 9.17) is 0 Å². The maximum atomic E-state index is 12.4. The van der Waals surface area contributed by atoms with Crippen molar-refractivity contribution in [2.75, 3.05) is 12.3 Å². The molecule has 7 nitrogen and oxygen atoms in total. The first-order valence-electron chi connectivity index (χ1n) is 8.96. The van der Waals surface area contributed by atoms with Gasteiger partial charge < -0.3 is 0 Å². The SMILES string of the molecule is CCCN1C(=O)CSC1=NNC(=O)Cc1csc2nc(-c3ccccc3)cn12. The lowest BCUT2D eigenvalue weighted by Crippen LogP contribution is -2.32. The number of hydrogen-bond donors (Lipinski definition) is 1. The van der Waals surface area contributed by atoms with Crippen LogP contribution in [-0.4, -0.2) is 43.6 Å². The van der Waals surface area contributed by atoms with Gasteiger partial charge in [0.25, 0.3) is 0 Å². The van der Waals surface area contributed by atoms with Crippen molar-refractivity contribution >= 4 is 45.0 Å². The summed E-state index contributed by atoms with van der Waals surface area (Å²) in [5, 5.41) is 6.64. The Morgan fingerprint density at radius 1 is 1.32 bits per heavy atom. The summed E-state index contributed by atoms with van der Waals surface area (Å²) >= 11 is 2.85. The highest BCUT2D eigenvalue weighted by molar-refractivity contribution is 8.15. The first-order chi connectivity index (χ1) is 13.7. The quantitative estimate of drug-likeness (QED) is 0.630. The van der Waals surface area contributed by atoms with Crippen molar-refractivity contribution in [1.29, 1.82) is 0 Å². The van der Waals surface area contributed by atoms with Gasteiger partial charge >= 0.3 is 0 Å². The number of carbonyl (C=O) groups excluding carboxylic acids is 2.